The Balaban J connectivity index is 1.33. The van der Waals surface area contributed by atoms with E-state index in [9.17, 15) is 0 Å². The molecule has 0 unspecified atom stereocenters. The number of hydrogen-bond acceptors (Lipinski definition) is 3. The van der Waals surface area contributed by atoms with E-state index in [1.807, 2.05) is 7.11 Å². The molecule has 4 aliphatic rings. The van der Waals surface area contributed by atoms with Gasteiger partial charge in [-0.2, -0.15) is 0 Å². The molecule has 3 aromatic rings. The summed E-state index contributed by atoms with van der Waals surface area (Å²) >= 11 is 0. The van der Waals surface area contributed by atoms with E-state index in [0.717, 1.165) is 18.2 Å². The van der Waals surface area contributed by atoms with Crippen molar-refractivity contribution < 1.29 is 4.74 Å². The van der Waals surface area contributed by atoms with Crippen molar-refractivity contribution in [3.05, 3.63) is 101 Å². The number of piperidine rings is 3. The van der Waals surface area contributed by atoms with Crippen LogP contribution in [0.4, 0.5) is 0 Å². The third kappa shape index (κ3) is 4.52. The quantitative estimate of drug-likeness (QED) is 0.465. The van der Waals surface area contributed by atoms with Crippen LogP contribution in [-0.4, -0.2) is 37.2 Å². The SMILES string of the molecule is COc1cc2c(cc1CN[C@H]1C3CCN(CC3)[C@H]1C(c1ccccc1)c1ccccc1)CCCC2. The van der Waals surface area contributed by atoms with Crippen LogP contribution in [0.3, 0.4) is 0 Å². The molecule has 3 nitrogen and oxygen atoms in total. The molecule has 3 saturated heterocycles. The first kappa shape index (κ1) is 22.8. The van der Waals surface area contributed by atoms with Crippen LogP contribution in [0, 0.1) is 5.92 Å². The van der Waals surface area contributed by atoms with Crippen LogP contribution in [0.5, 0.6) is 5.75 Å². The zero-order chi connectivity index (χ0) is 23.6. The van der Waals surface area contributed by atoms with E-state index in [4.69, 9.17) is 4.74 Å². The highest BCUT2D eigenvalue weighted by atomic mass is 16.5. The van der Waals surface area contributed by atoms with Gasteiger partial charge in [0.25, 0.3) is 0 Å². The minimum Gasteiger partial charge on any atom is -0.496 e. The number of aryl methyl sites for hydroxylation is 2. The summed E-state index contributed by atoms with van der Waals surface area (Å²) in [7, 11) is 1.83. The number of ether oxygens (including phenoxy) is 1. The molecule has 0 spiro atoms. The summed E-state index contributed by atoms with van der Waals surface area (Å²) in [6.07, 6.45) is 7.60. The number of nitrogens with one attached hydrogen (secondary N) is 1. The molecule has 3 aliphatic heterocycles. The number of fused-ring (bicyclic) bond motifs is 4. The molecular formula is C32H38N2O. The van der Waals surface area contributed by atoms with Crippen molar-refractivity contribution in [3.8, 4) is 5.75 Å². The van der Waals surface area contributed by atoms with E-state index in [2.05, 4.69) is 83.0 Å². The lowest BCUT2D eigenvalue weighted by molar-refractivity contribution is 0.00462. The Hall–Kier alpha value is -2.62. The number of methoxy groups -OCH3 is 1. The normalized spacial score (nSPS) is 25.4. The molecule has 3 heteroatoms. The fraction of sp³-hybridized carbons (Fsp3) is 0.438. The van der Waals surface area contributed by atoms with Gasteiger partial charge in [0.05, 0.1) is 7.11 Å². The van der Waals surface area contributed by atoms with Gasteiger partial charge in [0.2, 0.25) is 0 Å². The number of rotatable bonds is 7. The second kappa shape index (κ2) is 10.2. The standard InChI is InChI=1S/C32H38N2O/c1-35-29-21-27-15-9-8-14-26(27)20-28(29)22-33-31-25-16-18-34(19-17-25)32(31)30(23-10-4-2-5-11-23)24-12-6-3-7-13-24/h2-7,10-13,20-21,25,30-33H,8-9,14-19,22H2,1H3/t31-,32-/m0/s1. The average molecular weight is 467 g/mol. The summed E-state index contributed by atoms with van der Waals surface area (Å²) < 4.78 is 5.88. The molecule has 3 fully saturated rings. The monoisotopic (exact) mass is 466 g/mol. The summed E-state index contributed by atoms with van der Waals surface area (Å²) in [5.74, 6) is 2.14. The lowest BCUT2D eigenvalue weighted by Crippen LogP contribution is -2.64. The van der Waals surface area contributed by atoms with Crippen LogP contribution in [0.2, 0.25) is 0 Å². The van der Waals surface area contributed by atoms with Gasteiger partial charge in [0, 0.05) is 30.1 Å². The van der Waals surface area contributed by atoms with E-state index in [1.165, 1.54) is 79.4 Å². The number of benzene rings is 3. The Morgan fingerprint density at radius 3 is 2.06 bits per heavy atom. The molecule has 2 bridgehead atoms. The maximum atomic E-state index is 5.88. The smallest absolute Gasteiger partial charge is 0.123 e. The molecule has 3 heterocycles. The minimum atomic E-state index is 0.364. The fourth-order valence-electron chi connectivity index (χ4n) is 7.07. The van der Waals surface area contributed by atoms with Crippen LogP contribution < -0.4 is 10.1 Å². The van der Waals surface area contributed by atoms with Crippen molar-refractivity contribution in [3.63, 3.8) is 0 Å². The molecule has 0 aromatic heterocycles. The molecule has 0 radical (unpaired) electrons. The molecule has 0 saturated carbocycles. The zero-order valence-electron chi connectivity index (χ0n) is 21.0. The Bertz CT molecular complexity index is 1080. The van der Waals surface area contributed by atoms with E-state index in [-0.39, 0.29) is 0 Å². The van der Waals surface area contributed by atoms with Crippen molar-refractivity contribution in [2.75, 3.05) is 20.2 Å². The largest absolute Gasteiger partial charge is 0.496 e. The van der Waals surface area contributed by atoms with E-state index < -0.39 is 0 Å². The van der Waals surface area contributed by atoms with E-state index in [1.54, 1.807) is 0 Å². The van der Waals surface area contributed by atoms with E-state index in [0.29, 0.717) is 18.0 Å². The van der Waals surface area contributed by atoms with Gasteiger partial charge in [-0.25, -0.2) is 0 Å². The zero-order valence-corrected chi connectivity index (χ0v) is 21.0. The summed E-state index contributed by atoms with van der Waals surface area (Å²) in [6.45, 7) is 3.30. The third-order valence-electron chi connectivity index (χ3n) is 8.80. The first-order valence-corrected chi connectivity index (χ1v) is 13.6. The first-order chi connectivity index (χ1) is 17.3. The van der Waals surface area contributed by atoms with Crippen molar-refractivity contribution in [1.82, 2.24) is 10.2 Å². The number of hydrogen-bond donors (Lipinski definition) is 1. The Kier molecular flexibility index (Phi) is 6.63. The van der Waals surface area contributed by atoms with Crippen LogP contribution in [-0.2, 0) is 19.4 Å². The van der Waals surface area contributed by atoms with Crippen LogP contribution in [0.25, 0.3) is 0 Å². The molecule has 3 aromatic carbocycles. The van der Waals surface area contributed by atoms with Gasteiger partial charge in [0.15, 0.2) is 0 Å². The van der Waals surface area contributed by atoms with Gasteiger partial charge in [-0.3, -0.25) is 4.90 Å². The summed E-state index contributed by atoms with van der Waals surface area (Å²) in [4.78, 5) is 2.77. The van der Waals surface area contributed by atoms with Crippen LogP contribution in [0.1, 0.15) is 59.4 Å². The van der Waals surface area contributed by atoms with Crippen molar-refractivity contribution in [2.45, 2.75) is 63.1 Å². The van der Waals surface area contributed by atoms with E-state index >= 15 is 0 Å². The molecule has 182 valence electrons. The summed E-state index contributed by atoms with van der Waals surface area (Å²) in [6, 6.07) is 28.0. The van der Waals surface area contributed by atoms with Crippen molar-refractivity contribution >= 4 is 0 Å². The molecule has 0 amide bonds. The molecule has 1 aliphatic carbocycles. The maximum absolute atomic E-state index is 5.88. The molecular weight excluding hydrogens is 428 g/mol. The van der Waals surface area contributed by atoms with Gasteiger partial charge >= 0.3 is 0 Å². The lowest BCUT2D eigenvalue weighted by atomic mass is 9.70. The van der Waals surface area contributed by atoms with Crippen LogP contribution in [0.15, 0.2) is 72.8 Å². The summed E-state index contributed by atoms with van der Waals surface area (Å²) in [5, 5.41) is 4.10. The van der Waals surface area contributed by atoms with Gasteiger partial charge in [0.1, 0.15) is 5.75 Å². The highest BCUT2D eigenvalue weighted by molar-refractivity contribution is 5.44. The average Bonchev–Trinajstić information content (AvgIpc) is 2.93. The van der Waals surface area contributed by atoms with Crippen molar-refractivity contribution in [2.24, 2.45) is 5.92 Å². The van der Waals surface area contributed by atoms with Gasteiger partial charge in [-0.15, -0.1) is 0 Å². The second-order valence-electron chi connectivity index (χ2n) is 10.7. The minimum absolute atomic E-state index is 0.364. The Labute approximate surface area is 210 Å². The molecule has 35 heavy (non-hydrogen) atoms. The van der Waals surface area contributed by atoms with Crippen molar-refractivity contribution in [1.29, 1.82) is 0 Å². The highest BCUT2D eigenvalue weighted by Gasteiger charge is 2.46. The topological polar surface area (TPSA) is 24.5 Å². The predicted octanol–water partition coefficient (Wildman–Crippen LogP) is 5.96. The molecule has 2 atom stereocenters. The molecule has 7 rings (SSSR count). The van der Waals surface area contributed by atoms with Gasteiger partial charge < -0.3 is 10.1 Å². The fourth-order valence-corrected chi connectivity index (χ4v) is 7.07. The van der Waals surface area contributed by atoms with Gasteiger partial charge in [-0.05, 0) is 85.9 Å². The lowest BCUT2D eigenvalue weighted by Gasteiger charge is -2.54. The van der Waals surface area contributed by atoms with Gasteiger partial charge in [-0.1, -0.05) is 66.7 Å². The maximum Gasteiger partial charge on any atom is 0.123 e. The highest BCUT2D eigenvalue weighted by Crippen LogP contribution is 2.42. The second-order valence-corrected chi connectivity index (χ2v) is 10.7. The molecule has 1 N–H and O–H groups in total. The van der Waals surface area contributed by atoms with Crippen LogP contribution >= 0.6 is 0 Å². The first-order valence-electron chi connectivity index (χ1n) is 13.6. The number of nitrogens with zero attached hydrogens (tertiary/aromatic N) is 1. The Morgan fingerprint density at radius 1 is 0.857 bits per heavy atom. The summed E-state index contributed by atoms with van der Waals surface area (Å²) in [5.41, 5.74) is 7.19. The Morgan fingerprint density at radius 2 is 1.46 bits per heavy atom. The third-order valence-corrected chi connectivity index (χ3v) is 8.80. The predicted molar refractivity (Wildman–Crippen MR) is 143 cm³/mol.